The van der Waals surface area contributed by atoms with Crippen LogP contribution in [-0.2, 0) is 17.4 Å². The van der Waals surface area contributed by atoms with Gasteiger partial charge in [-0.1, -0.05) is 54.6 Å². The Morgan fingerprint density at radius 2 is 1.69 bits per heavy atom. The number of nitrogens with zero attached hydrogens (tertiary/aromatic N) is 2. The monoisotopic (exact) mass is 491 g/mol. The van der Waals surface area contributed by atoms with Gasteiger partial charge in [0.1, 0.15) is 0 Å². The van der Waals surface area contributed by atoms with E-state index in [4.69, 9.17) is 0 Å². The predicted molar refractivity (Wildman–Crippen MR) is 130 cm³/mol. The number of imidazole rings is 1. The second-order valence-electron chi connectivity index (χ2n) is 8.99. The number of aryl methyl sites for hydroxylation is 1. The van der Waals surface area contributed by atoms with E-state index in [0.29, 0.717) is 25.8 Å². The minimum absolute atomic E-state index is 0.0227. The number of carbonyl (C=O) groups excluding carboxylic acids is 2. The van der Waals surface area contributed by atoms with E-state index in [1.807, 2.05) is 54.6 Å². The standard InChI is InChI=1S/C28H24F3N3O2/c29-28(30,31)21-13-14-22-23(17-21)33-27(32-22)26(36)24-7-4-16-34(24)25(35)15-10-18-8-11-20(12-9-18)19-5-2-1-3-6-19/h1-3,5-6,8-9,11-14,17,24H,4,7,10,15-16H2,(H,32,33)/t24-/m0/s1. The van der Waals surface area contributed by atoms with Crippen molar-refractivity contribution in [2.45, 2.75) is 37.9 Å². The van der Waals surface area contributed by atoms with E-state index >= 15 is 0 Å². The minimum Gasteiger partial charge on any atom is -0.335 e. The number of fused-ring (bicyclic) bond motifs is 1. The van der Waals surface area contributed by atoms with Gasteiger partial charge in [0.25, 0.3) is 0 Å². The zero-order valence-corrected chi connectivity index (χ0v) is 19.4. The van der Waals surface area contributed by atoms with Gasteiger partial charge < -0.3 is 9.88 Å². The molecule has 36 heavy (non-hydrogen) atoms. The van der Waals surface area contributed by atoms with Gasteiger partial charge in [0.05, 0.1) is 22.6 Å². The van der Waals surface area contributed by atoms with Crippen LogP contribution in [0.15, 0.2) is 72.8 Å². The largest absolute Gasteiger partial charge is 0.416 e. The fraction of sp³-hybridized carbons (Fsp3) is 0.250. The predicted octanol–water partition coefficient (Wildman–Crippen LogP) is 6.06. The van der Waals surface area contributed by atoms with Gasteiger partial charge in [0.15, 0.2) is 5.82 Å². The van der Waals surface area contributed by atoms with Crippen molar-refractivity contribution in [2.75, 3.05) is 6.54 Å². The summed E-state index contributed by atoms with van der Waals surface area (Å²) in [6.07, 6.45) is -2.48. The van der Waals surface area contributed by atoms with Crippen LogP contribution < -0.4 is 0 Å². The number of rotatable bonds is 6. The molecule has 1 fully saturated rings. The SMILES string of the molecule is O=C(c1nc2ccc(C(F)(F)F)cc2[nH]1)[C@@H]1CCCN1C(=O)CCc1ccc(-c2ccccc2)cc1. The Morgan fingerprint density at radius 3 is 2.42 bits per heavy atom. The number of nitrogens with one attached hydrogen (secondary N) is 1. The van der Waals surface area contributed by atoms with E-state index in [1.54, 1.807) is 4.90 Å². The first-order valence-corrected chi connectivity index (χ1v) is 11.8. The van der Waals surface area contributed by atoms with E-state index in [2.05, 4.69) is 9.97 Å². The smallest absolute Gasteiger partial charge is 0.335 e. The summed E-state index contributed by atoms with van der Waals surface area (Å²) in [5.41, 5.74) is 2.86. The molecular formula is C28H24F3N3O2. The van der Waals surface area contributed by atoms with Crippen LogP contribution in [0.2, 0.25) is 0 Å². The molecule has 1 saturated heterocycles. The molecular weight excluding hydrogens is 467 g/mol. The molecule has 3 aromatic carbocycles. The summed E-state index contributed by atoms with van der Waals surface area (Å²) in [5.74, 6) is -0.517. The Morgan fingerprint density at radius 1 is 0.972 bits per heavy atom. The number of hydrogen-bond acceptors (Lipinski definition) is 3. The molecule has 2 heterocycles. The van der Waals surface area contributed by atoms with Gasteiger partial charge >= 0.3 is 6.18 Å². The molecule has 1 aromatic heterocycles. The van der Waals surface area contributed by atoms with Crippen molar-refractivity contribution < 1.29 is 22.8 Å². The third-order valence-corrected chi connectivity index (χ3v) is 6.61. The van der Waals surface area contributed by atoms with Gasteiger partial charge in [-0.15, -0.1) is 0 Å². The van der Waals surface area contributed by atoms with E-state index in [9.17, 15) is 22.8 Å². The molecule has 0 radical (unpaired) electrons. The van der Waals surface area contributed by atoms with Crippen molar-refractivity contribution in [3.63, 3.8) is 0 Å². The average Bonchev–Trinajstić information content (AvgIpc) is 3.54. The first-order valence-electron chi connectivity index (χ1n) is 11.8. The molecule has 0 bridgehead atoms. The summed E-state index contributed by atoms with van der Waals surface area (Å²) in [7, 11) is 0. The van der Waals surface area contributed by atoms with Crippen molar-refractivity contribution in [1.82, 2.24) is 14.9 Å². The first-order chi connectivity index (χ1) is 17.3. The molecule has 0 spiro atoms. The maximum atomic E-state index is 13.1. The number of aromatic nitrogens is 2. The van der Waals surface area contributed by atoms with Gasteiger partial charge in [-0.05, 0) is 54.2 Å². The van der Waals surface area contributed by atoms with Gasteiger partial charge in [0.2, 0.25) is 11.7 Å². The molecule has 4 aromatic rings. The summed E-state index contributed by atoms with van der Waals surface area (Å²) in [5, 5.41) is 0. The van der Waals surface area contributed by atoms with Crippen LogP contribution >= 0.6 is 0 Å². The Hall–Kier alpha value is -3.94. The lowest BCUT2D eigenvalue weighted by Gasteiger charge is -2.23. The molecule has 5 nitrogen and oxygen atoms in total. The maximum absolute atomic E-state index is 13.1. The second kappa shape index (κ2) is 9.60. The van der Waals surface area contributed by atoms with Crippen LogP contribution in [0.4, 0.5) is 13.2 Å². The summed E-state index contributed by atoms with van der Waals surface area (Å²) in [4.78, 5) is 34.6. The normalized spacial score (nSPS) is 16.0. The average molecular weight is 492 g/mol. The lowest BCUT2D eigenvalue weighted by Crippen LogP contribution is -2.41. The molecule has 0 aliphatic carbocycles. The van der Waals surface area contributed by atoms with Gasteiger partial charge in [-0.25, -0.2) is 4.98 Å². The zero-order chi connectivity index (χ0) is 25.3. The highest BCUT2D eigenvalue weighted by Gasteiger charge is 2.36. The lowest BCUT2D eigenvalue weighted by molar-refractivity contribution is -0.137. The maximum Gasteiger partial charge on any atom is 0.416 e. The molecule has 184 valence electrons. The van der Waals surface area contributed by atoms with Crippen LogP contribution in [-0.4, -0.2) is 39.1 Å². The molecule has 0 unspecified atom stereocenters. The molecule has 1 amide bonds. The Balaban J connectivity index is 1.25. The molecule has 1 atom stereocenters. The summed E-state index contributed by atoms with van der Waals surface area (Å²) in [6.45, 7) is 0.473. The topological polar surface area (TPSA) is 66.1 Å². The molecule has 0 saturated carbocycles. The number of alkyl halides is 3. The van der Waals surface area contributed by atoms with Crippen LogP contribution in [0.3, 0.4) is 0 Å². The Bertz CT molecular complexity index is 1400. The molecule has 8 heteroatoms. The lowest BCUT2D eigenvalue weighted by atomic mass is 10.0. The number of amides is 1. The number of carbonyl (C=O) groups is 2. The zero-order valence-electron chi connectivity index (χ0n) is 19.4. The highest BCUT2D eigenvalue weighted by Crippen LogP contribution is 2.31. The number of halogens is 3. The number of hydrogen-bond donors (Lipinski definition) is 1. The minimum atomic E-state index is -4.49. The van der Waals surface area contributed by atoms with Crippen LogP contribution in [0.5, 0.6) is 0 Å². The Kier molecular flexibility index (Phi) is 6.35. The molecule has 1 aliphatic heterocycles. The van der Waals surface area contributed by atoms with Crippen LogP contribution in [0, 0.1) is 0 Å². The molecule has 1 N–H and O–H groups in total. The van der Waals surface area contributed by atoms with Crippen LogP contribution in [0.1, 0.15) is 41.0 Å². The fourth-order valence-electron chi connectivity index (χ4n) is 4.69. The highest BCUT2D eigenvalue weighted by molar-refractivity contribution is 6.01. The van der Waals surface area contributed by atoms with Gasteiger partial charge in [0, 0.05) is 13.0 Å². The van der Waals surface area contributed by atoms with Crippen LogP contribution in [0.25, 0.3) is 22.2 Å². The first kappa shape index (κ1) is 23.8. The van der Waals surface area contributed by atoms with Crippen molar-refractivity contribution in [3.8, 4) is 11.1 Å². The Labute approximate surface area is 206 Å². The quantitative estimate of drug-likeness (QED) is 0.334. The number of H-pyrrole nitrogens is 1. The summed E-state index contributed by atoms with van der Waals surface area (Å²) in [6, 6.07) is 20.6. The highest BCUT2D eigenvalue weighted by atomic mass is 19.4. The van der Waals surface area contributed by atoms with Gasteiger partial charge in [-0.2, -0.15) is 13.2 Å². The number of likely N-dealkylation sites (tertiary alicyclic amines) is 1. The van der Waals surface area contributed by atoms with E-state index in [1.165, 1.54) is 6.07 Å². The molecule has 5 rings (SSSR count). The van der Waals surface area contributed by atoms with E-state index < -0.39 is 17.8 Å². The van der Waals surface area contributed by atoms with Crippen molar-refractivity contribution in [3.05, 3.63) is 89.7 Å². The molecule has 1 aliphatic rings. The number of benzene rings is 3. The van der Waals surface area contributed by atoms with E-state index in [-0.39, 0.29) is 35.0 Å². The van der Waals surface area contributed by atoms with Crippen molar-refractivity contribution in [1.29, 1.82) is 0 Å². The summed E-state index contributed by atoms with van der Waals surface area (Å²) < 4.78 is 39.0. The summed E-state index contributed by atoms with van der Waals surface area (Å²) >= 11 is 0. The fourth-order valence-corrected chi connectivity index (χ4v) is 4.69. The van der Waals surface area contributed by atoms with E-state index in [0.717, 1.165) is 28.8 Å². The number of aromatic amines is 1. The second-order valence-corrected chi connectivity index (χ2v) is 8.99. The number of Topliss-reactive ketones (excluding diaryl/α,β-unsaturated/α-hetero) is 1. The van der Waals surface area contributed by atoms with Crippen molar-refractivity contribution >= 4 is 22.7 Å². The third-order valence-electron chi connectivity index (χ3n) is 6.61. The number of ketones is 1. The van der Waals surface area contributed by atoms with Gasteiger partial charge in [-0.3, -0.25) is 9.59 Å². The third kappa shape index (κ3) is 4.89. The van der Waals surface area contributed by atoms with Crippen molar-refractivity contribution in [2.24, 2.45) is 0 Å².